The molecule has 1 saturated heterocycles. The number of hydrogen-bond acceptors (Lipinski definition) is 6. The van der Waals surface area contributed by atoms with Gasteiger partial charge < -0.3 is 19.9 Å². The van der Waals surface area contributed by atoms with Crippen molar-refractivity contribution in [2.24, 2.45) is 0 Å². The number of aromatic amines is 1. The van der Waals surface area contributed by atoms with Gasteiger partial charge >= 0.3 is 0 Å². The molecule has 0 radical (unpaired) electrons. The fraction of sp³-hybridized carbons (Fsp3) is 0.222. The van der Waals surface area contributed by atoms with Gasteiger partial charge in [0.25, 0.3) is 5.56 Å². The van der Waals surface area contributed by atoms with E-state index in [4.69, 9.17) is 22.1 Å². The third-order valence-corrected chi connectivity index (χ3v) is 6.35. The van der Waals surface area contributed by atoms with E-state index in [-0.39, 0.29) is 28.2 Å². The van der Waals surface area contributed by atoms with Crippen LogP contribution in [0.4, 0.5) is 10.2 Å². The van der Waals surface area contributed by atoms with Gasteiger partial charge in [-0.15, -0.1) is 0 Å². The number of nitrogens with one attached hydrogen (secondary N) is 1. The van der Waals surface area contributed by atoms with E-state index in [2.05, 4.69) is 34.0 Å². The summed E-state index contributed by atoms with van der Waals surface area (Å²) in [5.41, 5.74) is 8.07. The minimum atomic E-state index is -0.538. The maximum absolute atomic E-state index is 14.0. The summed E-state index contributed by atoms with van der Waals surface area (Å²) in [6, 6.07) is 11.7. The van der Waals surface area contributed by atoms with Gasteiger partial charge in [-0.3, -0.25) is 9.59 Å². The predicted molar refractivity (Wildman–Crippen MR) is 142 cm³/mol. The first-order valence-corrected chi connectivity index (χ1v) is 11.9. The van der Waals surface area contributed by atoms with Crippen molar-refractivity contribution in [1.82, 2.24) is 19.7 Å². The van der Waals surface area contributed by atoms with Crippen LogP contribution >= 0.6 is 11.6 Å². The van der Waals surface area contributed by atoms with E-state index in [9.17, 15) is 14.0 Å². The van der Waals surface area contributed by atoms with Crippen LogP contribution in [-0.4, -0.2) is 46.1 Å². The van der Waals surface area contributed by atoms with E-state index < -0.39 is 5.82 Å². The van der Waals surface area contributed by atoms with E-state index >= 15 is 0 Å². The summed E-state index contributed by atoms with van der Waals surface area (Å²) < 4.78 is 21.7. The summed E-state index contributed by atoms with van der Waals surface area (Å²) in [5.74, 6) is 4.72. The molecule has 4 aromatic rings. The van der Waals surface area contributed by atoms with Gasteiger partial charge in [0.15, 0.2) is 23.7 Å². The molecule has 1 fully saturated rings. The van der Waals surface area contributed by atoms with Crippen LogP contribution in [0, 0.1) is 17.7 Å². The molecule has 37 heavy (non-hydrogen) atoms. The molecule has 0 saturated carbocycles. The average molecular weight is 522 g/mol. The summed E-state index contributed by atoms with van der Waals surface area (Å²) in [5, 5.41) is 7.28. The van der Waals surface area contributed by atoms with Gasteiger partial charge in [-0.25, -0.2) is 9.49 Å². The van der Waals surface area contributed by atoms with Crippen molar-refractivity contribution in [1.29, 1.82) is 0 Å². The Balaban J connectivity index is 0.000000586. The lowest BCUT2D eigenvalue weighted by Crippen LogP contribution is -2.19. The highest BCUT2D eigenvalue weighted by molar-refractivity contribution is 6.32. The third-order valence-electron chi connectivity index (χ3n) is 6.05. The number of nitrogens with two attached hydrogens (primary N) is 1. The molecule has 10 heteroatoms. The summed E-state index contributed by atoms with van der Waals surface area (Å²) in [4.78, 5) is 24.1. The molecule has 0 spiro atoms. The number of aromatic nitrogens is 3. The second kappa shape index (κ2) is 11.3. The Morgan fingerprint density at radius 3 is 2.62 bits per heavy atom. The zero-order valence-electron chi connectivity index (χ0n) is 20.3. The fourth-order valence-corrected chi connectivity index (χ4v) is 4.54. The quantitative estimate of drug-likeness (QED) is 0.299. The smallest absolute Gasteiger partial charge is 0.288 e. The average Bonchev–Trinajstić information content (AvgIpc) is 3.50. The molecule has 1 atom stereocenters. The number of fused-ring (bicyclic) bond motifs is 1. The number of likely N-dealkylation sites (tertiary alicyclic amines) is 1. The number of likely N-dealkylation sites (N-methyl/N-ethyl adjacent to an activating group) is 1. The molecule has 3 heterocycles. The summed E-state index contributed by atoms with van der Waals surface area (Å²) in [7, 11) is 2.06. The monoisotopic (exact) mass is 521 g/mol. The van der Waals surface area contributed by atoms with Crippen LogP contribution < -0.4 is 16.0 Å². The number of hydrogen-bond donors (Lipinski definition) is 2. The number of nitrogen functional groups attached to an aromatic ring is 1. The molecule has 0 amide bonds. The number of H-pyrrole nitrogens is 1. The molecule has 3 N–H and O–H groups in total. The Morgan fingerprint density at radius 1 is 1.27 bits per heavy atom. The number of carbonyl (C=O) groups excluding carboxylic acids is 1. The lowest BCUT2D eigenvalue weighted by molar-refractivity contribution is -0.103. The highest BCUT2D eigenvalue weighted by Crippen LogP contribution is 2.37. The van der Waals surface area contributed by atoms with Gasteiger partial charge in [0, 0.05) is 24.3 Å². The topological polar surface area (TPSA) is 106 Å². The Bertz CT molecular complexity index is 1530. The molecule has 0 aliphatic carbocycles. The molecule has 190 valence electrons. The van der Waals surface area contributed by atoms with Crippen LogP contribution in [0.15, 0.2) is 53.5 Å². The maximum atomic E-state index is 14.0. The Hall–Kier alpha value is -4.13. The molecule has 2 aromatic carbocycles. The van der Waals surface area contributed by atoms with Gasteiger partial charge in [-0.1, -0.05) is 35.7 Å². The second-order valence-electron chi connectivity index (χ2n) is 8.51. The minimum Gasteiger partial charge on any atom is -0.453 e. The van der Waals surface area contributed by atoms with E-state index in [1.165, 1.54) is 12.1 Å². The zero-order valence-corrected chi connectivity index (χ0v) is 21.1. The summed E-state index contributed by atoms with van der Waals surface area (Å²) in [6.45, 7) is 3.43. The second-order valence-corrected chi connectivity index (χ2v) is 8.91. The number of ether oxygens (including phenoxy) is 1. The summed E-state index contributed by atoms with van der Waals surface area (Å²) in [6.07, 6.45) is 3.48. The number of nitrogens with zero attached hydrogens (tertiary/aromatic N) is 3. The lowest BCUT2D eigenvalue weighted by atomic mass is 10.1. The van der Waals surface area contributed by atoms with Gasteiger partial charge in [-0.05, 0) is 62.7 Å². The molecule has 1 aliphatic heterocycles. The first kappa shape index (κ1) is 25.9. The highest BCUT2D eigenvalue weighted by Gasteiger charge is 2.26. The number of halogens is 2. The fourth-order valence-electron chi connectivity index (χ4n) is 4.34. The lowest BCUT2D eigenvalue weighted by Gasteiger charge is -2.13. The Labute approximate surface area is 217 Å². The number of rotatable bonds is 4. The normalized spacial score (nSPS) is 15.0. The molecule has 5 rings (SSSR count). The van der Waals surface area contributed by atoms with Gasteiger partial charge in [0.05, 0.1) is 10.4 Å². The van der Waals surface area contributed by atoms with Crippen molar-refractivity contribution in [2.45, 2.75) is 19.4 Å². The van der Waals surface area contributed by atoms with Crippen molar-refractivity contribution in [3.63, 3.8) is 0 Å². The van der Waals surface area contributed by atoms with Gasteiger partial charge in [0.2, 0.25) is 0 Å². The van der Waals surface area contributed by atoms with Crippen molar-refractivity contribution < 1.29 is 13.9 Å². The first-order valence-electron chi connectivity index (χ1n) is 11.5. The van der Waals surface area contributed by atoms with Crippen LogP contribution in [0.25, 0.3) is 22.0 Å². The Kier molecular flexibility index (Phi) is 7.92. The van der Waals surface area contributed by atoms with E-state index in [1.807, 2.05) is 22.9 Å². The maximum Gasteiger partial charge on any atom is 0.288 e. The largest absolute Gasteiger partial charge is 0.453 e. The van der Waals surface area contributed by atoms with E-state index in [0.717, 1.165) is 30.6 Å². The molecule has 1 aliphatic rings. The number of anilines is 1. The number of carbonyl (C=O) groups is 1. The van der Waals surface area contributed by atoms with Crippen molar-refractivity contribution in [2.75, 3.05) is 25.9 Å². The zero-order chi connectivity index (χ0) is 26.5. The predicted octanol–water partition coefficient (Wildman–Crippen LogP) is 4.64. The molecular formula is C27H25ClFN5O3. The standard InChI is InChI=1S/C23H21ClFN5O2.C4H4O/c1-29-10-9-14(11-29)30-12-16(19-20(30)23(31)28-27-22(19)26)13-5-7-15(8-6-13)32-21-17(24)3-2-4-18(21)25;1-2-3-4-5/h2-8,12,14H,9-11H2,1H3,(H2,26,27)(H,28,31);4H,1H3. The van der Waals surface area contributed by atoms with E-state index in [0.29, 0.717) is 22.9 Å². The van der Waals surface area contributed by atoms with Gasteiger partial charge in [-0.2, -0.15) is 5.10 Å². The first-order chi connectivity index (χ1) is 17.8. The highest BCUT2D eigenvalue weighted by atomic mass is 35.5. The van der Waals surface area contributed by atoms with Crippen LogP contribution in [0.1, 0.15) is 19.4 Å². The van der Waals surface area contributed by atoms with Crippen molar-refractivity contribution in [3.8, 4) is 34.5 Å². The third kappa shape index (κ3) is 5.50. The van der Waals surface area contributed by atoms with Crippen molar-refractivity contribution in [3.05, 3.63) is 69.9 Å². The van der Waals surface area contributed by atoms with Gasteiger partial charge in [0.1, 0.15) is 11.3 Å². The summed E-state index contributed by atoms with van der Waals surface area (Å²) >= 11 is 6.05. The molecular weight excluding hydrogens is 497 g/mol. The van der Waals surface area contributed by atoms with Crippen LogP contribution in [0.5, 0.6) is 11.5 Å². The Morgan fingerprint density at radius 2 is 2.03 bits per heavy atom. The van der Waals surface area contributed by atoms with E-state index in [1.54, 1.807) is 25.1 Å². The molecule has 8 nitrogen and oxygen atoms in total. The number of benzene rings is 2. The van der Waals surface area contributed by atoms with Crippen LogP contribution in [-0.2, 0) is 4.79 Å². The molecule has 1 unspecified atom stereocenters. The number of para-hydroxylation sites is 1. The number of aldehydes is 1. The minimum absolute atomic E-state index is 0.0242. The molecule has 0 bridgehead atoms. The molecule has 2 aromatic heterocycles. The van der Waals surface area contributed by atoms with Crippen molar-refractivity contribution >= 4 is 34.6 Å². The van der Waals surface area contributed by atoms with Crippen LogP contribution in [0.2, 0.25) is 5.02 Å². The SMILES string of the molecule is CC#CC=O.CN1CCC(n2cc(-c3ccc(Oc4c(F)cccc4Cl)cc3)c3c(N)n[nH]c(=O)c32)C1. The van der Waals surface area contributed by atoms with Crippen LogP contribution in [0.3, 0.4) is 0 Å².